The summed E-state index contributed by atoms with van der Waals surface area (Å²) in [5.74, 6) is -0.654. The number of carboxylic acid groups (broad SMARTS) is 1. The van der Waals surface area contributed by atoms with Gasteiger partial charge in [-0.3, -0.25) is 15.1 Å². The zero-order chi connectivity index (χ0) is 12.9. The van der Waals surface area contributed by atoms with Crippen LogP contribution < -0.4 is 11.1 Å². The maximum Gasteiger partial charge on any atom is 0.408 e. The molecule has 0 radical (unpaired) electrons. The average Bonchev–Trinajstić information content (AvgIpc) is 2.08. The summed E-state index contributed by atoms with van der Waals surface area (Å²) in [4.78, 5) is 23.3. The molecule has 7 nitrogen and oxygen atoms in total. The van der Waals surface area contributed by atoms with Crippen molar-refractivity contribution in [1.82, 2.24) is 10.2 Å². The number of rotatable bonds is 4. The Balaban J connectivity index is 4.37. The van der Waals surface area contributed by atoms with Crippen LogP contribution >= 0.6 is 0 Å². The number of nitrogens with two attached hydrogens (primary N) is 1. The molecule has 5 N–H and O–H groups in total. The number of hydrogen-bond acceptors (Lipinski definition) is 3. The maximum absolute atomic E-state index is 11.3. The Morgan fingerprint density at radius 2 is 1.94 bits per heavy atom. The summed E-state index contributed by atoms with van der Waals surface area (Å²) in [6, 6.07) is 0. The highest BCUT2D eigenvalue weighted by Gasteiger charge is 2.27. The fourth-order valence-electron chi connectivity index (χ4n) is 0.985. The second-order valence-electron chi connectivity index (χ2n) is 4.34. The van der Waals surface area contributed by atoms with Crippen molar-refractivity contribution < 1.29 is 14.7 Å². The van der Waals surface area contributed by atoms with Crippen LogP contribution in [-0.2, 0) is 4.79 Å². The summed E-state index contributed by atoms with van der Waals surface area (Å²) < 4.78 is 0. The fourth-order valence-corrected chi connectivity index (χ4v) is 0.985. The molecule has 7 heteroatoms. The van der Waals surface area contributed by atoms with Crippen molar-refractivity contribution in [2.45, 2.75) is 26.3 Å². The number of amidine groups is 1. The summed E-state index contributed by atoms with van der Waals surface area (Å²) in [6.07, 6.45) is -1.16. The summed E-state index contributed by atoms with van der Waals surface area (Å²) in [5, 5.41) is 18.2. The molecule has 0 aliphatic heterocycles. The molecule has 92 valence electrons. The summed E-state index contributed by atoms with van der Waals surface area (Å²) in [6.45, 7) is 4.74. The van der Waals surface area contributed by atoms with Crippen molar-refractivity contribution >= 4 is 17.8 Å². The SMILES string of the molecule is CC(C)(C)N(CC(=O)NCC(=N)N)C(=O)O. The molecule has 0 aromatic heterocycles. The van der Waals surface area contributed by atoms with Crippen molar-refractivity contribution in [3.8, 4) is 0 Å². The van der Waals surface area contributed by atoms with Gasteiger partial charge in [0.25, 0.3) is 0 Å². The third-order valence-corrected chi connectivity index (χ3v) is 1.82. The van der Waals surface area contributed by atoms with E-state index in [1.807, 2.05) is 0 Å². The van der Waals surface area contributed by atoms with Gasteiger partial charge >= 0.3 is 6.09 Å². The Labute approximate surface area is 94.1 Å². The zero-order valence-electron chi connectivity index (χ0n) is 9.70. The van der Waals surface area contributed by atoms with Gasteiger partial charge in [0, 0.05) is 5.54 Å². The molecular weight excluding hydrogens is 212 g/mol. The number of carbonyl (C=O) groups excluding carboxylic acids is 1. The molecule has 0 saturated carbocycles. The first kappa shape index (κ1) is 14.2. The van der Waals surface area contributed by atoms with E-state index in [2.05, 4.69) is 5.32 Å². The quantitative estimate of drug-likeness (QED) is 0.395. The van der Waals surface area contributed by atoms with E-state index < -0.39 is 17.5 Å². The molecule has 0 bridgehead atoms. The Morgan fingerprint density at radius 1 is 1.44 bits per heavy atom. The molecule has 0 atom stereocenters. The molecule has 0 aromatic carbocycles. The van der Waals surface area contributed by atoms with E-state index in [0.29, 0.717) is 0 Å². The van der Waals surface area contributed by atoms with Gasteiger partial charge in [-0.2, -0.15) is 0 Å². The standard InChI is InChI=1S/C9H18N4O3/c1-9(2,3)13(8(15)16)5-7(14)12-4-6(10)11/h4-5H2,1-3H3,(H3,10,11)(H,12,14)(H,15,16). The normalized spacial score (nSPS) is 10.7. The van der Waals surface area contributed by atoms with Crippen LogP contribution in [0.25, 0.3) is 0 Å². The Bertz CT molecular complexity index is 296. The minimum atomic E-state index is -1.16. The molecule has 0 aliphatic rings. The maximum atomic E-state index is 11.3. The van der Waals surface area contributed by atoms with Crippen LogP contribution in [-0.4, -0.2) is 46.5 Å². The Morgan fingerprint density at radius 3 is 2.25 bits per heavy atom. The average molecular weight is 230 g/mol. The van der Waals surface area contributed by atoms with Gasteiger partial charge in [0.1, 0.15) is 12.4 Å². The van der Waals surface area contributed by atoms with E-state index in [0.717, 1.165) is 4.90 Å². The third-order valence-electron chi connectivity index (χ3n) is 1.82. The topological polar surface area (TPSA) is 120 Å². The molecule has 0 aromatic rings. The van der Waals surface area contributed by atoms with Gasteiger partial charge in [-0.15, -0.1) is 0 Å². The first-order valence-corrected chi connectivity index (χ1v) is 4.74. The second kappa shape index (κ2) is 5.34. The molecule has 2 amide bonds. The van der Waals surface area contributed by atoms with Gasteiger partial charge in [-0.1, -0.05) is 0 Å². The third kappa shape index (κ3) is 5.18. The predicted molar refractivity (Wildman–Crippen MR) is 59.4 cm³/mol. The highest BCUT2D eigenvalue weighted by molar-refractivity contribution is 5.87. The van der Waals surface area contributed by atoms with Crippen molar-refractivity contribution in [3.05, 3.63) is 0 Å². The number of amides is 2. The van der Waals surface area contributed by atoms with Crippen molar-refractivity contribution in [1.29, 1.82) is 5.41 Å². The van der Waals surface area contributed by atoms with Gasteiger partial charge in [-0.25, -0.2) is 4.79 Å². The summed E-state index contributed by atoms with van der Waals surface area (Å²) >= 11 is 0. The van der Waals surface area contributed by atoms with Crippen LogP contribution in [0, 0.1) is 5.41 Å². The largest absolute Gasteiger partial charge is 0.465 e. The lowest BCUT2D eigenvalue weighted by atomic mass is 10.1. The van der Waals surface area contributed by atoms with E-state index in [1.54, 1.807) is 20.8 Å². The molecule has 16 heavy (non-hydrogen) atoms. The van der Waals surface area contributed by atoms with Gasteiger partial charge in [0.05, 0.1) is 6.54 Å². The van der Waals surface area contributed by atoms with E-state index >= 15 is 0 Å². The summed E-state index contributed by atoms with van der Waals surface area (Å²) in [7, 11) is 0. The van der Waals surface area contributed by atoms with E-state index in [9.17, 15) is 9.59 Å². The Hall–Kier alpha value is -1.79. The van der Waals surface area contributed by atoms with E-state index in [-0.39, 0.29) is 18.9 Å². The molecule has 0 heterocycles. The Kier molecular flexibility index (Phi) is 4.74. The molecule has 0 saturated heterocycles. The van der Waals surface area contributed by atoms with Gasteiger partial charge < -0.3 is 16.2 Å². The minimum Gasteiger partial charge on any atom is -0.465 e. The first-order valence-electron chi connectivity index (χ1n) is 4.74. The van der Waals surface area contributed by atoms with Gasteiger partial charge in [0.2, 0.25) is 5.91 Å². The highest BCUT2D eigenvalue weighted by atomic mass is 16.4. The van der Waals surface area contributed by atoms with Crippen LogP contribution in [0.3, 0.4) is 0 Å². The lowest BCUT2D eigenvalue weighted by Gasteiger charge is -2.32. The summed E-state index contributed by atoms with van der Waals surface area (Å²) in [5.41, 5.74) is 4.40. The van der Waals surface area contributed by atoms with Gasteiger partial charge in [-0.05, 0) is 20.8 Å². The molecule has 0 aliphatic carbocycles. The molecule has 0 fully saturated rings. The predicted octanol–water partition coefficient (Wildman–Crippen LogP) is -0.183. The van der Waals surface area contributed by atoms with E-state index in [1.165, 1.54) is 0 Å². The molecule has 0 rings (SSSR count). The first-order chi connectivity index (χ1) is 7.14. The van der Waals surface area contributed by atoms with Crippen LogP contribution in [0.15, 0.2) is 0 Å². The van der Waals surface area contributed by atoms with Crippen LogP contribution in [0.2, 0.25) is 0 Å². The lowest BCUT2D eigenvalue weighted by Crippen LogP contribution is -2.50. The molecule has 0 unspecified atom stereocenters. The van der Waals surface area contributed by atoms with E-state index in [4.69, 9.17) is 16.2 Å². The smallest absolute Gasteiger partial charge is 0.408 e. The minimum absolute atomic E-state index is 0.0730. The number of nitrogens with zero attached hydrogens (tertiary/aromatic N) is 1. The highest BCUT2D eigenvalue weighted by Crippen LogP contribution is 2.12. The number of nitrogens with one attached hydrogen (secondary N) is 2. The zero-order valence-corrected chi connectivity index (χ0v) is 9.70. The number of hydrogen-bond donors (Lipinski definition) is 4. The molecular formula is C9H18N4O3. The molecule has 0 spiro atoms. The van der Waals surface area contributed by atoms with Crippen molar-refractivity contribution in [2.24, 2.45) is 5.73 Å². The number of carbonyl (C=O) groups is 2. The lowest BCUT2D eigenvalue weighted by molar-refractivity contribution is -0.122. The van der Waals surface area contributed by atoms with Crippen molar-refractivity contribution in [3.63, 3.8) is 0 Å². The monoisotopic (exact) mass is 230 g/mol. The van der Waals surface area contributed by atoms with Crippen LogP contribution in [0.5, 0.6) is 0 Å². The van der Waals surface area contributed by atoms with Crippen molar-refractivity contribution in [2.75, 3.05) is 13.1 Å². The second-order valence-corrected chi connectivity index (χ2v) is 4.34. The van der Waals surface area contributed by atoms with Crippen LogP contribution in [0.4, 0.5) is 4.79 Å². The van der Waals surface area contributed by atoms with Gasteiger partial charge in [0.15, 0.2) is 0 Å². The fraction of sp³-hybridized carbons (Fsp3) is 0.667. The van der Waals surface area contributed by atoms with Crippen LogP contribution in [0.1, 0.15) is 20.8 Å².